The molecule has 0 radical (unpaired) electrons. The Morgan fingerprint density at radius 2 is 2.03 bits per heavy atom. The smallest absolute Gasteiger partial charge is 0.123 e. The van der Waals surface area contributed by atoms with E-state index in [1.165, 1.54) is 35.3 Å². The zero-order chi connectivity index (χ0) is 20.5. The maximum atomic E-state index is 13.3. The molecule has 1 aromatic heterocycles. The molecule has 1 N–H and O–H groups in total. The van der Waals surface area contributed by atoms with E-state index in [1.54, 1.807) is 12.1 Å². The number of piperazine rings is 1. The number of aromatic nitrogens is 2. The van der Waals surface area contributed by atoms with Gasteiger partial charge in [-0.1, -0.05) is 18.2 Å². The van der Waals surface area contributed by atoms with Crippen molar-refractivity contribution in [2.75, 3.05) is 26.2 Å². The molecule has 0 unspecified atom stereocenters. The molecule has 30 heavy (non-hydrogen) atoms. The van der Waals surface area contributed by atoms with Gasteiger partial charge in [-0.2, -0.15) is 5.10 Å². The molecule has 0 spiro atoms. The second kappa shape index (κ2) is 8.17. The SMILES string of the molecule is Cc1cc2c(cnn2-c2ccc(F)cc2)cc1[C@@H]1CN(CC2=CCCC=C2)CCN1. The number of aryl methyl sites for hydroxylation is 1. The van der Waals surface area contributed by atoms with E-state index in [4.69, 9.17) is 0 Å². The van der Waals surface area contributed by atoms with Crippen molar-refractivity contribution < 1.29 is 4.39 Å². The Bertz CT molecular complexity index is 1110. The molecule has 1 aliphatic heterocycles. The summed E-state index contributed by atoms with van der Waals surface area (Å²) in [4.78, 5) is 2.55. The predicted molar refractivity (Wildman–Crippen MR) is 119 cm³/mol. The molecule has 1 atom stereocenters. The molecule has 2 aromatic carbocycles. The van der Waals surface area contributed by atoms with Crippen molar-refractivity contribution in [1.29, 1.82) is 0 Å². The van der Waals surface area contributed by atoms with Crippen LogP contribution in [0, 0.1) is 12.7 Å². The van der Waals surface area contributed by atoms with Crippen LogP contribution < -0.4 is 5.32 Å². The summed E-state index contributed by atoms with van der Waals surface area (Å²) in [7, 11) is 0. The molecule has 0 bridgehead atoms. The van der Waals surface area contributed by atoms with Crippen LogP contribution >= 0.6 is 0 Å². The van der Waals surface area contributed by atoms with Gasteiger partial charge in [0, 0.05) is 37.6 Å². The van der Waals surface area contributed by atoms with Crippen LogP contribution in [-0.4, -0.2) is 40.9 Å². The van der Waals surface area contributed by atoms with Gasteiger partial charge in [-0.25, -0.2) is 9.07 Å². The van der Waals surface area contributed by atoms with Crippen molar-refractivity contribution in [3.8, 4) is 5.69 Å². The highest BCUT2D eigenvalue weighted by atomic mass is 19.1. The molecule has 5 rings (SSSR count). The maximum Gasteiger partial charge on any atom is 0.123 e. The van der Waals surface area contributed by atoms with Crippen LogP contribution in [0.5, 0.6) is 0 Å². The van der Waals surface area contributed by atoms with E-state index in [-0.39, 0.29) is 5.82 Å². The summed E-state index contributed by atoms with van der Waals surface area (Å²) in [6.45, 7) is 6.27. The first-order chi connectivity index (χ1) is 14.7. The zero-order valence-corrected chi connectivity index (χ0v) is 17.3. The monoisotopic (exact) mass is 402 g/mol. The Kier molecular flexibility index (Phi) is 5.23. The molecule has 154 valence electrons. The molecular formula is C25H27FN4. The van der Waals surface area contributed by atoms with Gasteiger partial charge >= 0.3 is 0 Å². The molecule has 3 aromatic rings. The molecule has 1 saturated heterocycles. The highest BCUT2D eigenvalue weighted by molar-refractivity contribution is 5.82. The van der Waals surface area contributed by atoms with E-state index in [0.717, 1.165) is 49.2 Å². The summed E-state index contributed by atoms with van der Waals surface area (Å²) >= 11 is 0. The van der Waals surface area contributed by atoms with Crippen molar-refractivity contribution in [3.63, 3.8) is 0 Å². The Morgan fingerprint density at radius 3 is 2.83 bits per heavy atom. The van der Waals surface area contributed by atoms with Gasteiger partial charge in [-0.05, 0) is 72.9 Å². The number of rotatable bonds is 4. The van der Waals surface area contributed by atoms with Crippen LogP contribution in [0.15, 0.2) is 66.4 Å². The second-order valence-electron chi connectivity index (χ2n) is 8.30. The van der Waals surface area contributed by atoms with Crippen molar-refractivity contribution in [3.05, 3.63) is 83.3 Å². The van der Waals surface area contributed by atoms with Crippen LogP contribution in [0.4, 0.5) is 4.39 Å². The molecule has 2 heterocycles. The fourth-order valence-corrected chi connectivity index (χ4v) is 4.57. The number of benzene rings is 2. The number of nitrogens with zero attached hydrogens (tertiary/aromatic N) is 3. The summed E-state index contributed by atoms with van der Waals surface area (Å²) in [6, 6.07) is 11.3. The highest BCUT2D eigenvalue weighted by Crippen LogP contribution is 2.28. The summed E-state index contributed by atoms with van der Waals surface area (Å²) < 4.78 is 15.2. The Labute approximate surface area is 176 Å². The molecule has 5 heteroatoms. The Balaban J connectivity index is 1.40. The van der Waals surface area contributed by atoms with E-state index >= 15 is 0 Å². The molecule has 1 fully saturated rings. The average molecular weight is 403 g/mol. The number of allylic oxidation sites excluding steroid dienone is 2. The van der Waals surface area contributed by atoms with E-state index in [1.807, 2.05) is 10.9 Å². The minimum absolute atomic E-state index is 0.235. The van der Waals surface area contributed by atoms with Crippen LogP contribution in [0.2, 0.25) is 0 Å². The lowest BCUT2D eigenvalue weighted by Gasteiger charge is -2.35. The fourth-order valence-electron chi connectivity index (χ4n) is 4.57. The number of hydrogen-bond donors (Lipinski definition) is 1. The third-order valence-corrected chi connectivity index (χ3v) is 6.14. The third kappa shape index (κ3) is 3.83. The number of halogens is 1. The summed E-state index contributed by atoms with van der Waals surface area (Å²) in [5.74, 6) is -0.235. The van der Waals surface area contributed by atoms with Gasteiger partial charge in [0.25, 0.3) is 0 Å². The van der Waals surface area contributed by atoms with Crippen LogP contribution in [0.25, 0.3) is 16.6 Å². The second-order valence-corrected chi connectivity index (χ2v) is 8.30. The van der Waals surface area contributed by atoms with Crippen molar-refractivity contribution in [2.24, 2.45) is 0 Å². The van der Waals surface area contributed by atoms with Gasteiger partial charge < -0.3 is 5.32 Å². The van der Waals surface area contributed by atoms with Gasteiger partial charge in [-0.3, -0.25) is 4.90 Å². The van der Waals surface area contributed by atoms with Crippen molar-refractivity contribution >= 4 is 10.9 Å². The first-order valence-electron chi connectivity index (χ1n) is 10.7. The van der Waals surface area contributed by atoms with Gasteiger partial charge in [0.2, 0.25) is 0 Å². The maximum absolute atomic E-state index is 13.3. The van der Waals surface area contributed by atoms with Crippen molar-refractivity contribution in [2.45, 2.75) is 25.8 Å². The predicted octanol–water partition coefficient (Wildman–Crippen LogP) is 4.70. The van der Waals surface area contributed by atoms with Gasteiger partial charge in [0.1, 0.15) is 5.82 Å². The van der Waals surface area contributed by atoms with Gasteiger partial charge in [0.15, 0.2) is 0 Å². The topological polar surface area (TPSA) is 33.1 Å². The number of fused-ring (bicyclic) bond motifs is 1. The highest BCUT2D eigenvalue weighted by Gasteiger charge is 2.23. The third-order valence-electron chi connectivity index (χ3n) is 6.14. The van der Waals surface area contributed by atoms with Crippen molar-refractivity contribution in [1.82, 2.24) is 20.0 Å². The average Bonchev–Trinajstić information content (AvgIpc) is 3.17. The lowest BCUT2D eigenvalue weighted by molar-refractivity contribution is 0.216. The van der Waals surface area contributed by atoms with E-state index in [0.29, 0.717) is 6.04 Å². The lowest BCUT2D eigenvalue weighted by atomic mass is 9.97. The lowest BCUT2D eigenvalue weighted by Crippen LogP contribution is -2.46. The van der Waals surface area contributed by atoms with Crippen LogP contribution in [0.3, 0.4) is 0 Å². The van der Waals surface area contributed by atoms with E-state index in [2.05, 4.69) is 52.6 Å². The summed E-state index contributed by atoms with van der Waals surface area (Å²) in [5.41, 5.74) is 5.94. The normalized spacial score (nSPS) is 19.9. The van der Waals surface area contributed by atoms with E-state index < -0.39 is 0 Å². The molecule has 0 amide bonds. The minimum atomic E-state index is -0.235. The van der Waals surface area contributed by atoms with Crippen LogP contribution in [-0.2, 0) is 0 Å². The van der Waals surface area contributed by atoms with Crippen LogP contribution in [0.1, 0.15) is 30.0 Å². The Morgan fingerprint density at radius 1 is 1.17 bits per heavy atom. The first kappa shape index (κ1) is 19.2. The number of nitrogens with one attached hydrogen (secondary N) is 1. The molecule has 0 saturated carbocycles. The largest absolute Gasteiger partial charge is 0.308 e. The van der Waals surface area contributed by atoms with Gasteiger partial charge in [-0.15, -0.1) is 0 Å². The first-order valence-corrected chi connectivity index (χ1v) is 10.7. The Hall–Kier alpha value is -2.76. The molecule has 1 aliphatic carbocycles. The van der Waals surface area contributed by atoms with E-state index in [9.17, 15) is 4.39 Å². The fraction of sp³-hybridized carbons (Fsp3) is 0.320. The molecular weight excluding hydrogens is 375 g/mol. The zero-order valence-electron chi connectivity index (χ0n) is 17.3. The number of hydrogen-bond acceptors (Lipinski definition) is 3. The van der Waals surface area contributed by atoms with Gasteiger partial charge in [0.05, 0.1) is 17.4 Å². The molecule has 2 aliphatic rings. The quantitative estimate of drug-likeness (QED) is 0.687. The standard InChI is InChI=1S/C25H27FN4/c1-18-13-25-20(15-28-30(25)22-9-7-21(26)8-10-22)14-23(18)24-17-29(12-11-27-24)16-19-5-3-2-4-6-19/h3,5-10,13-15,24,27H,2,4,11-12,16-17H2,1H3/t24-/m0/s1. The molecule has 4 nitrogen and oxygen atoms in total. The minimum Gasteiger partial charge on any atom is -0.308 e. The summed E-state index contributed by atoms with van der Waals surface area (Å²) in [6.07, 6.45) is 11.2. The summed E-state index contributed by atoms with van der Waals surface area (Å²) in [5, 5.41) is 9.38.